The summed E-state index contributed by atoms with van der Waals surface area (Å²) in [6.07, 6.45) is 0.797. The number of benzene rings is 1. The highest BCUT2D eigenvalue weighted by Gasteiger charge is 2.33. The van der Waals surface area contributed by atoms with Crippen LogP contribution in [0.5, 0.6) is 0 Å². The fraction of sp³-hybridized carbons (Fsp3) is 0.333. The lowest BCUT2D eigenvalue weighted by Gasteiger charge is -2.11. The van der Waals surface area contributed by atoms with Crippen LogP contribution in [0.1, 0.15) is 34.1 Å². The lowest BCUT2D eigenvalue weighted by molar-refractivity contribution is 0.0654. The van der Waals surface area contributed by atoms with Gasteiger partial charge in [-0.05, 0) is 25.6 Å². The topological polar surface area (TPSA) is 89.5 Å². The Hall–Kier alpha value is -1.57. The molecule has 2 amide bonds. The Morgan fingerprint density at radius 2 is 1.63 bits per heavy atom. The number of hydrogen-bond donors (Lipinski definition) is 1. The molecule has 1 aromatic rings. The molecule has 0 bridgehead atoms. The first kappa shape index (κ1) is 15.5. The van der Waals surface area contributed by atoms with Crippen LogP contribution < -0.4 is 4.72 Å². The van der Waals surface area contributed by atoms with Crippen molar-refractivity contribution in [1.82, 2.24) is 9.62 Å². The van der Waals surface area contributed by atoms with Crippen molar-refractivity contribution in [3.05, 3.63) is 35.4 Å². The molecule has 6 nitrogen and oxygen atoms in total. The van der Waals surface area contributed by atoms with E-state index < -0.39 is 11.3 Å². The zero-order valence-electron chi connectivity index (χ0n) is 10.7. The van der Waals surface area contributed by atoms with Gasteiger partial charge < -0.3 is 4.55 Å². The van der Waals surface area contributed by atoms with Gasteiger partial charge in [0.15, 0.2) is 0 Å². The first-order valence-electron chi connectivity index (χ1n) is 5.74. The molecular weight excluding hydrogens is 268 g/mol. The molecular formula is C12H15N2O4S-. The monoisotopic (exact) mass is 283 g/mol. The van der Waals surface area contributed by atoms with E-state index in [1.807, 2.05) is 11.6 Å². The maximum absolute atomic E-state index is 11.7. The molecule has 0 radical (unpaired) electrons. The first-order chi connectivity index (χ1) is 9.02. The third-order valence-corrected chi connectivity index (χ3v) is 2.83. The number of carbonyl (C=O) groups is 2. The molecule has 0 aromatic heterocycles. The van der Waals surface area contributed by atoms with E-state index in [9.17, 15) is 18.4 Å². The number of fused-ring (bicyclic) bond motifs is 1. The van der Waals surface area contributed by atoms with Crippen molar-refractivity contribution in [3.63, 3.8) is 0 Å². The van der Waals surface area contributed by atoms with E-state index in [4.69, 9.17) is 0 Å². The summed E-state index contributed by atoms with van der Waals surface area (Å²) < 4.78 is 20.5. The molecule has 0 saturated carbocycles. The molecule has 7 heteroatoms. The number of rotatable bonds is 3. The molecule has 104 valence electrons. The SMILES string of the molecule is CCCN1C(=O)c2ccccc2C1=O.CNS(=O)[O-]. The Balaban J connectivity index is 0.000000312. The Kier molecular flexibility index (Phi) is 5.81. The minimum Gasteiger partial charge on any atom is -0.760 e. The predicted molar refractivity (Wildman–Crippen MR) is 70.1 cm³/mol. The summed E-state index contributed by atoms with van der Waals surface area (Å²) >= 11 is -2.07. The Morgan fingerprint density at radius 3 is 1.95 bits per heavy atom. The Labute approximate surface area is 114 Å². The summed E-state index contributed by atoms with van der Waals surface area (Å²) in [7, 11) is 1.34. The minimum absolute atomic E-state index is 0.160. The second kappa shape index (κ2) is 7.13. The van der Waals surface area contributed by atoms with Crippen LogP contribution in [0.4, 0.5) is 0 Å². The molecule has 1 N–H and O–H groups in total. The minimum atomic E-state index is -2.07. The summed E-state index contributed by atoms with van der Waals surface area (Å²) in [6, 6.07) is 6.95. The summed E-state index contributed by atoms with van der Waals surface area (Å²) in [5, 5.41) is 0. The molecule has 0 aliphatic carbocycles. The molecule has 1 aliphatic rings. The van der Waals surface area contributed by atoms with Crippen molar-refractivity contribution in [1.29, 1.82) is 0 Å². The summed E-state index contributed by atoms with van der Waals surface area (Å²) in [5.41, 5.74) is 1.07. The average molecular weight is 283 g/mol. The number of imide groups is 1. The quantitative estimate of drug-likeness (QED) is 0.653. The third kappa shape index (κ3) is 3.69. The lowest BCUT2D eigenvalue weighted by atomic mass is 10.1. The van der Waals surface area contributed by atoms with E-state index in [1.165, 1.54) is 11.9 Å². The van der Waals surface area contributed by atoms with E-state index in [1.54, 1.807) is 24.3 Å². The van der Waals surface area contributed by atoms with Crippen molar-refractivity contribution >= 4 is 23.1 Å². The van der Waals surface area contributed by atoms with Crippen LogP contribution in [-0.2, 0) is 11.3 Å². The molecule has 19 heavy (non-hydrogen) atoms. The lowest BCUT2D eigenvalue weighted by Crippen LogP contribution is -2.30. The van der Waals surface area contributed by atoms with E-state index in [0.717, 1.165) is 6.42 Å². The Morgan fingerprint density at radius 1 is 1.21 bits per heavy atom. The molecule has 1 aromatic carbocycles. The van der Waals surface area contributed by atoms with Gasteiger partial charge in [-0.3, -0.25) is 23.4 Å². The molecule has 1 atom stereocenters. The fourth-order valence-electron chi connectivity index (χ4n) is 1.67. The molecule has 1 unspecified atom stereocenters. The van der Waals surface area contributed by atoms with Gasteiger partial charge in [-0.1, -0.05) is 19.1 Å². The number of hydrogen-bond acceptors (Lipinski definition) is 4. The Bertz CT molecular complexity index is 469. The van der Waals surface area contributed by atoms with E-state index in [2.05, 4.69) is 0 Å². The number of carbonyl (C=O) groups excluding carboxylic acids is 2. The fourth-order valence-corrected chi connectivity index (χ4v) is 1.67. The summed E-state index contributed by atoms with van der Waals surface area (Å²) in [6.45, 7) is 2.45. The zero-order chi connectivity index (χ0) is 14.4. The predicted octanol–water partition coefficient (Wildman–Crippen LogP) is 0.692. The highest BCUT2D eigenvalue weighted by Crippen LogP contribution is 2.22. The summed E-state index contributed by atoms with van der Waals surface area (Å²) in [5.74, 6) is -0.320. The van der Waals surface area contributed by atoms with E-state index >= 15 is 0 Å². The third-order valence-electron chi connectivity index (χ3n) is 2.49. The van der Waals surface area contributed by atoms with Crippen molar-refractivity contribution in [2.24, 2.45) is 0 Å². The first-order valence-corrected chi connectivity index (χ1v) is 6.82. The molecule has 0 spiro atoms. The van der Waals surface area contributed by atoms with E-state index in [0.29, 0.717) is 17.7 Å². The molecule has 2 rings (SSSR count). The normalized spacial score (nSPS) is 14.8. The number of nitrogens with one attached hydrogen (secondary N) is 1. The van der Waals surface area contributed by atoms with Gasteiger partial charge in [-0.15, -0.1) is 0 Å². The maximum atomic E-state index is 11.7. The standard InChI is InChI=1S/C11H11NO2.CH5NO2S/c1-2-7-12-10(13)8-5-3-4-6-9(8)11(12)14;1-2-5(3)4/h3-6H,2,7H2,1H3;2H,1H3,(H,3,4)/p-1. The largest absolute Gasteiger partial charge is 0.760 e. The molecule has 0 fully saturated rings. The second-order valence-corrected chi connectivity index (χ2v) is 4.62. The van der Waals surface area contributed by atoms with Crippen LogP contribution in [0.2, 0.25) is 0 Å². The van der Waals surface area contributed by atoms with Crippen molar-refractivity contribution in [2.45, 2.75) is 13.3 Å². The maximum Gasteiger partial charge on any atom is 0.261 e. The van der Waals surface area contributed by atoms with Crippen LogP contribution in [0.3, 0.4) is 0 Å². The van der Waals surface area contributed by atoms with Crippen molar-refractivity contribution < 1.29 is 18.4 Å². The van der Waals surface area contributed by atoms with Gasteiger partial charge in [-0.2, -0.15) is 0 Å². The molecule has 0 saturated heterocycles. The smallest absolute Gasteiger partial charge is 0.261 e. The van der Waals surface area contributed by atoms with Gasteiger partial charge in [0, 0.05) is 17.8 Å². The van der Waals surface area contributed by atoms with Gasteiger partial charge in [-0.25, -0.2) is 0 Å². The van der Waals surface area contributed by atoms with Gasteiger partial charge >= 0.3 is 0 Å². The molecule has 1 heterocycles. The van der Waals surface area contributed by atoms with Crippen LogP contribution in [0, 0.1) is 0 Å². The summed E-state index contributed by atoms with van der Waals surface area (Å²) in [4.78, 5) is 24.7. The highest BCUT2D eigenvalue weighted by molar-refractivity contribution is 7.77. The highest BCUT2D eigenvalue weighted by atomic mass is 32.2. The van der Waals surface area contributed by atoms with Crippen LogP contribution in [-0.4, -0.2) is 39.1 Å². The van der Waals surface area contributed by atoms with Crippen molar-refractivity contribution in [3.8, 4) is 0 Å². The van der Waals surface area contributed by atoms with Crippen LogP contribution in [0.15, 0.2) is 24.3 Å². The van der Waals surface area contributed by atoms with Gasteiger partial charge in [0.25, 0.3) is 11.8 Å². The molecule has 1 aliphatic heterocycles. The number of nitrogens with zero attached hydrogens (tertiary/aromatic N) is 1. The number of amides is 2. The van der Waals surface area contributed by atoms with Gasteiger partial charge in [0.05, 0.1) is 11.1 Å². The van der Waals surface area contributed by atoms with Crippen LogP contribution >= 0.6 is 0 Å². The van der Waals surface area contributed by atoms with E-state index in [-0.39, 0.29) is 11.8 Å². The zero-order valence-corrected chi connectivity index (χ0v) is 11.5. The van der Waals surface area contributed by atoms with Gasteiger partial charge in [0.2, 0.25) is 0 Å². The van der Waals surface area contributed by atoms with Crippen molar-refractivity contribution in [2.75, 3.05) is 13.6 Å². The van der Waals surface area contributed by atoms with Gasteiger partial charge in [0.1, 0.15) is 0 Å². The average Bonchev–Trinajstić information content (AvgIpc) is 2.66. The van der Waals surface area contributed by atoms with Crippen LogP contribution in [0.25, 0.3) is 0 Å². The second-order valence-electron chi connectivity index (χ2n) is 3.75.